The molecule has 0 radical (unpaired) electrons. The fourth-order valence-electron chi connectivity index (χ4n) is 2.54. The maximum atomic E-state index is 13.7. The molecule has 1 amide bonds. The average Bonchev–Trinajstić information content (AvgIpc) is 3.41. The summed E-state index contributed by atoms with van der Waals surface area (Å²) in [5, 5.41) is 15.6. The number of carbonyl (C=O) groups is 1. The Morgan fingerprint density at radius 2 is 2.21 bits per heavy atom. The van der Waals surface area contributed by atoms with E-state index in [1.54, 1.807) is 23.7 Å². The van der Waals surface area contributed by atoms with Gasteiger partial charge in [-0.15, -0.1) is 16.4 Å². The summed E-state index contributed by atoms with van der Waals surface area (Å²) < 4.78 is 17.3. The molecule has 0 aliphatic carbocycles. The van der Waals surface area contributed by atoms with Crippen LogP contribution in [0, 0.1) is 10.6 Å². The molecule has 3 heterocycles. The summed E-state index contributed by atoms with van der Waals surface area (Å²) in [6.07, 6.45) is 0. The number of nitrogens with one attached hydrogen (secondary N) is 2. The second kappa shape index (κ2) is 7.44. The normalized spacial score (nSPS) is 10.9. The van der Waals surface area contributed by atoms with Crippen molar-refractivity contribution in [2.75, 3.05) is 0 Å². The summed E-state index contributed by atoms with van der Waals surface area (Å²) in [5.74, 6) is 0.138. The van der Waals surface area contributed by atoms with Crippen molar-refractivity contribution in [3.8, 4) is 16.4 Å². The van der Waals surface area contributed by atoms with Gasteiger partial charge in [-0.2, -0.15) is 5.10 Å². The third kappa shape index (κ3) is 3.49. The molecule has 3 aromatic heterocycles. The zero-order chi connectivity index (χ0) is 19.7. The van der Waals surface area contributed by atoms with Crippen molar-refractivity contribution in [3.05, 3.63) is 64.0 Å². The summed E-state index contributed by atoms with van der Waals surface area (Å²) in [5.41, 5.74) is 0.476. The van der Waals surface area contributed by atoms with Crippen LogP contribution in [0.3, 0.4) is 0 Å². The molecule has 11 heteroatoms. The molecule has 8 nitrogen and oxygen atoms in total. The summed E-state index contributed by atoms with van der Waals surface area (Å²) >= 11 is 6.50. The van der Waals surface area contributed by atoms with Crippen molar-refractivity contribution in [1.82, 2.24) is 34.8 Å². The molecule has 28 heavy (non-hydrogen) atoms. The van der Waals surface area contributed by atoms with Crippen molar-refractivity contribution in [2.45, 2.75) is 6.54 Å². The second-order valence-corrected chi connectivity index (χ2v) is 7.15. The van der Waals surface area contributed by atoms with Crippen LogP contribution < -0.4 is 5.32 Å². The minimum atomic E-state index is -0.470. The molecule has 0 atom stereocenters. The Morgan fingerprint density at radius 1 is 1.36 bits per heavy atom. The number of thiophene rings is 1. The highest BCUT2D eigenvalue weighted by Gasteiger charge is 2.20. The Morgan fingerprint density at radius 3 is 2.89 bits per heavy atom. The Balaban J connectivity index is 1.66. The van der Waals surface area contributed by atoms with Crippen LogP contribution in [0.25, 0.3) is 16.4 Å². The van der Waals surface area contributed by atoms with Crippen molar-refractivity contribution in [1.29, 1.82) is 0 Å². The molecule has 2 N–H and O–H groups in total. The van der Waals surface area contributed by atoms with Gasteiger partial charge in [0, 0.05) is 7.05 Å². The Hall–Kier alpha value is -3.18. The molecule has 0 fully saturated rings. The van der Waals surface area contributed by atoms with Crippen LogP contribution in [-0.2, 0) is 13.6 Å². The molecule has 0 unspecified atom stereocenters. The van der Waals surface area contributed by atoms with E-state index in [4.69, 9.17) is 12.2 Å². The molecule has 0 bridgehead atoms. The van der Waals surface area contributed by atoms with Crippen LogP contribution in [0.2, 0.25) is 0 Å². The van der Waals surface area contributed by atoms with Crippen LogP contribution in [0.4, 0.5) is 4.39 Å². The van der Waals surface area contributed by atoms with Crippen molar-refractivity contribution in [2.24, 2.45) is 7.05 Å². The number of aromatic amines is 1. The first-order valence-electron chi connectivity index (χ1n) is 8.18. The first-order valence-corrected chi connectivity index (χ1v) is 9.47. The highest BCUT2D eigenvalue weighted by Crippen LogP contribution is 2.25. The highest BCUT2D eigenvalue weighted by atomic mass is 32.1. The van der Waals surface area contributed by atoms with Gasteiger partial charge in [0.05, 0.1) is 17.1 Å². The number of aromatic nitrogens is 6. The van der Waals surface area contributed by atoms with Crippen LogP contribution in [0.5, 0.6) is 0 Å². The number of hydrogen-bond donors (Lipinski definition) is 2. The van der Waals surface area contributed by atoms with Crippen LogP contribution in [-0.4, -0.2) is 35.4 Å². The summed E-state index contributed by atoms with van der Waals surface area (Å²) in [7, 11) is 1.75. The molecule has 4 aromatic rings. The SMILES string of the molecule is Cn1c(CNC(=O)c2nc(-c3cccs3)n(-c3cccc(F)c3)n2)n[nH]c1=S. The number of benzene rings is 1. The fraction of sp³-hybridized carbons (Fsp3) is 0.118. The quantitative estimate of drug-likeness (QED) is 0.489. The van der Waals surface area contributed by atoms with Gasteiger partial charge in [0.1, 0.15) is 5.82 Å². The standard InChI is InChI=1S/C17H14FN7OS2/c1-24-13(21-22-17(24)27)9-19-16(26)14-20-15(12-6-3-7-28-12)25(23-14)11-5-2-4-10(18)8-11/h2-8H,9H2,1H3,(H,19,26)(H,22,27). The van der Waals surface area contributed by atoms with Gasteiger partial charge >= 0.3 is 0 Å². The molecule has 1 aromatic carbocycles. The molecule has 0 aliphatic rings. The number of amides is 1. The van der Waals surface area contributed by atoms with E-state index < -0.39 is 11.7 Å². The number of nitrogens with zero attached hydrogens (tertiary/aromatic N) is 5. The van der Waals surface area contributed by atoms with Crippen LogP contribution >= 0.6 is 23.6 Å². The van der Waals surface area contributed by atoms with E-state index in [0.29, 0.717) is 22.1 Å². The van der Waals surface area contributed by atoms with Crippen molar-refractivity contribution >= 4 is 29.5 Å². The van der Waals surface area contributed by atoms with E-state index in [1.807, 2.05) is 17.5 Å². The smallest absolute Gasteiger partial charge is 0.291 e. The van der Waals surface area contributed by atoms with E-state index in [1.165, 1.54) is 28.2 Å². The monoisotopic (exact) mass is 415 g/mol. The summed E-state index contributed by atoms with van der Waals surface area (Å²) in [4.78, 5) is 17.8. The summed E-state index contributed by atoms with van der Waals surface area (Å²) in [6.45, 7) is 0.158. The molecule has 0 saturated carbocycles. The zero-order valence-corrected chi connectivity index (χ0v) is 16.2. The van der Waals surface area contributed by atoms with Gasteiger partial charge in [0.25, 0.3) is 5.91 Å². The number of H-pyrrole nitrogens is 1. The highest BCUT2D eigenvalue weighted by molar-refractivity contribution is 7.71. The predicted molar refractivity (Wildman–Crippen MR) is 104 cm³/mol. The Kier molecular flexibility index (Phi) is 4.84. The third-order valence-electron chi connectivity index (χ3n) is 3.98. The Bertz CT molecular complexity index is 1190. The summed E-state index contributed by atoms with van der Waals surface area (Å²) in [6, 6.07) is 9.69. The van der Waals surface area contributed by atoms with Crippen molar-refractivity contribution < 1.29 is 9.18 Å². The number of halogens is 1. The maximum Gasteiger partial charge on any atom is 0.291 e. The lowest BCUT2D eigenvalue weighted by atomic mass is 10.3. The first-order chi connectivity index (χ1) is 13.5. The van der Waals surface area contributed by atoms with Gasteiger partial charge in [0.2, 0.25) is 5.82 Å². The van der Waals surface area contributed by atoms with Gasteiger partial charge in [-0.3, -0.25) is 9.89 Å². The topological polar surface area (TPSA) is 93.4 Å². The van der Waals surface area contributed by atoms with Crippen molar-refractivity contribution in [3.63, 3.8) is 0 Å². The van der Waals surface area contributed by atoms with E-state index in [-0.39, 0.29) is 12.4 Å². The lowest BCUT2D eigenvalue weighted by Gasteiger charge is -2.04. The molecule has 0 saturated heterocycles. The zero-order valence-electron chi connectivity index (χ0n) is 14.6. The lowest BCUT2D eigenvalue weighted by Crippen LogP contribution is -2.25. The minimum absolute atomic E-state index is 0.0237. The number of rotatable bonds is 5. The van der Waals surface area contributed by atoms with E-state index in [0.717, 1.165) is 4.88 Å². The second-order valence-electron chi connectivity index (χ2n) is 5.81. The van der Waals surface area contributed by atoms with Crippen LogP contribution in [0.15, 0.2) is 41.8 Å². The largest absolute Gasteiger partial charge is 0.342 e. The van der Waals surface area contributed by atoms with E-state index in [2.05, 4.69) is 25.6 Å². The molecular formula is C17H14FN7OS2. The number of carbonyl (C=O) groups excluding carboxylic acids is 1. The molecule has 0 aliphatic heterocycles. The van der Waals surface area contributed by atoms with E-state index >= 15 is 0 Å². The molecular weight excluding hydrogens is 401 g/mol. The lowest BCUT2D eigenvalue weighted by molar-refractivity contribution is 0.0939. The van der Waals surface area contributed by atoms with Gasteiger partial charge in [-0.25, -0.2) is 14.1 Å². The van der Waals surface area contributed by atoms with Gasteiger partial charge in [0.15, 0.2) is 16.4 Å². The fourth-order valence-corrected chi connectivity index (χ4v) is 3.39. The molecule has 4 rings (SSSR count). The number of hydrogen-bond acceptors (Lipinski definition) is 6. The first kappa shape index (κ1) is 18.2. The Labute approximate surface area is 167 Å². The molecule has 142 valence electrons. The van der Waals surface area contributed by atoms with Gasteiger partial charge < -0.3 is 9.88 Å². The third-order valence-corrected chi connectivity index (χ3v) is 5.21. The van der Waals surface area contributed by atoms with Gasteiger partial charge in [-0.1, -0.05) is 12.1 Å². The van der Waals surface area contributed by atoms with Gasteiger partial charge in [-0.05, 0) is 41.9 Å². The minimum Gasteiger partial charge on any atom is -0.342 e. The van der Waals surface area contributed by atoms with E-state index in [9.17, 15) is 9.18 Å². The predicted octanol–water partition coefficient (Wildman–Crippen LogP) is 2.86. The maximum absolute atomic E-state index is 13.7. The molecule has 0 spiro atoms. The van der Waals surface area contributed by atoms with Crippen LogP contribution in [0.1, 0.15) is 16.4 Å². The average molecular weight is 415 g/mol.